The molecule has 0 aliphatic heterocycles. The molecule has 69 heavy (non-hydrogen) atoms. The zero-order valence-corrected chi connectivity index (χ0v) is 45.7. The fourth-order valence-corrected chi connectivity index (χ4v) is 8.18. The van der Waals surface area contributed by atoms with Gasteiger partial charge in [0.05, 0.1) is 40.3 Å². The summed E-state index contributed by atoms with van der Waals surface area (Å²) in [5, 5.41) is 11.8. The van der Waals surface area contributed by atoms with Gasteiger partial charge < -0.3 is 33.3 Å². The van der Waals surface area contributed by atoms with E-state index in [1.165, 1.54) is 154 Å². The monoisotopic (exact) mass is 972 g/mol. The highest BCUT2D eigenvalue weighted by atomic mass is 16.7. The lowest BCUT2D eigenvalue weighted by Crippen LogP contribution is -2.44. The first kappa shape index (κ1) is 66.2. The van der Waals surface area contributed by atoms with E-state index in [-0.39, 0.29) is 32.2 Å². The van der Waals surface area contributed by atoms with Crippen molar-refractivity contribution in [2.24, 2.45) is 0 Å². The summed E-state index contributed by atoms with van der Waals surface area (Å²) < 4.78 is 22.7. The van der Waals surface area contributed by atoms with Crippen molar-refractivity contribution in [2.45, 2.75) is 270 Å². The van der Waals surface area contributed by atoms with Crippen molar-refractivity contribution in [1.29, 1.82) is 0 Å². The van der Waals surface area contributed by atoms with Crippen molar-refractivity contribution >= 4 is 17.9 Å². The highest BCUT2D eigenvalue weighted by Gasteiger charge is 2.22. The summed E-state index contributed by atoms with van der Waals surface area (Å²) in [6, 6.07) is 0. The van der Waals surface area contributed by atoms with E-state index in [1.54, 1.807) is 0 Å². The zero-order valence-electron chi connectivity index (χ0n) is 45.7. The molecule has 0 bridgehead atoms. The molecule has 0 aliphatic rings. The maximum Gasteiger partial charge on any atom is 0.306 e. The van der Waals surface area contributed by atoms with Gasteiger partial charge in [-0.3, -0.25) is 9.59 Å². The van der Waals surface area contributed by atoms with Gasteiger partial charge in [0.15, 0.2) is 12.4 Å². The van der Waals surface area contributed by atoms with Crippen LogP contribution in [0.25, 0.3) is 0 Å². The van der Waals surface area contributed by atoms with Gasteiger partial charge >= 0.3 is 11.9 Å². The third-order valence-corrected chi connectivity index (χ3v) is 12.6. The van der Waals surface area contributed by atoms with Gasteiger partial charge in [0, 0.05) is 12.8 Å². The van der Waals surface area contributed by atoms with Crippen LogP contribution in [0.3, 0.4) is 0 Å². The summed E-state index contributed by atoms with van der Waals surface area (Å²) in [6.07, 6.45) is 60.1. The fourth-order valence-electron chi connectivity index (χ4n) is 8.18. The lowest BCUT2D eigenvalue weighted by atomic mass is 10.0. The Bertz CT molecular complexity index is 1270. The van der Waals surface area contributed by atoms with Gasteiger partial charge in [0.25, 0.3) is 0 Å². The first-order valence-corrected chi connectivity index (χ1v) is 28.8. The van der Waals surface area contributed by atoms with Crippen LogP contribution in [0.4, 0.5) is 0 Å². The molecule has 0 saturated heterocycles. The van der Waals surface area contributed by atoms with Crippen molar-refractivity contribution in [3.05, 3.63) is 48.6 Å². The lowest BCUT2D eigenvalue weighted by molar-refractivity contribution is -0.870. The minimum Gasteiger partial charge on any atom is -0.545 e. The largest absolute Gasteiger partial charge is 0.545 e. The summed E-state index contributed by atoms with van der Waals surface area (Å²) in [5.41, 5.74) is 0. The summed E-state index contributed by atoms with van der Waals surface area (Å²) in [6.45, 7) is 4.67. The Morgan fingerprint density at radius 2 is 0.826 bits per heavy atom. The van der Waals surface area contributed by atoms with Gasteiger partial charge in [-0.25, -0.2) is 0 Å². The van der Waals surface area contributed by atoms with Crippen LogP contribution in [0.5, 0.6) is 0 Å². The Hall–Kier alpha value is -2.75. The molecule has 9 nitrogen and oxygen atoms in total. The standard InChI is InChI=1S/C60H109NO8/c1-6-8-10-12-14-16-18-20-22-24-26-28-29-31-33-35-37-39-41-43-45-47-49-51-58(63)69-56(55-68-60(59(64)65)66-53-52-61(3,4)5)54-67-57(62)50-48-46-44-42-40-38-36-34-32-30-27-25-23-21-19-17-15-13-11-9-7-2/h8,10,14,16,20,22,26,28,56,60H,6-7,9,11-13,15,17-19,21,23-25,27,29-55H2,1-5H3/b10-8-,16-14-,22-20-,28-26-. The minimum absolute atomic E-state index is 0.147. The second-order valence-corrected chi connectivity index (χ2v) is 20.6. The van der Waals surface area contributed by atoms with Crippen molar-refractivity contribution in [2.75, 3.05) is 47.5 Å². The number of unbranched alkanes of at least 4 members (excludes halogenated alkanes) is 30. The van der Waals surface area contributed by atoms with E-state index < -0.39 is 24.3 Å². The van der Waals surface area contributed by atoms with Crippen LogP contribution >= 0.6 is 0 Å². The molecule has 0 saturated carbocycles. The zero-order chi connectivity index (χ0) is 50.6. The maximum atomic E-state index is 12.9. The molecule has 0 heterocycles. The van der Waals surface area contributed by atoms with Crippen LogP contribution in [0, 0.1) is 0 Å². The molecule has 0 radical (unpaired) electrons. The molecule has 0 fully saturated rings. The molecule has 2 unspecified atom stereocenters. The van der Waals surface area contributed by atoms with Gasteiger partial charge in [0.2, 0.25) is 0 Å². The van der Waals surface area contributed by atoms with Crippen LogP contribution in [0.15, 0.2) is 48.6 Å². The Labute approximate surface area is 425 Å². The molecular formula is C60H109NO8. The first-order valence-electron chi connectivity index (χ1n) is 28.8. The Morgan fingerprint density at radius 1 is 0.449 bits per heavy atom. The fraction of sp³-hybridized carbons (Fsp3) is 0.817. The lowest BCUT2D eigenvalue weighted by Gasteiger charge is -2.26. The van der Waals surface area contributed by atoms with Crippen LogP contribution in [0.1, 0.15) is 258 Å². The highest BCUT2D eigenvalue weighted by molar-refractivity contribution is 5.70. The number of rotatable bonds is 53. The van der Waals surface area contributed by atoms with Gasteiger partial charge in [-0.05, 0) is 51.4 Å². The van der Waals surface area contributed by atoms with Gasteiger partial charge in [-0.15, -0.1) is 0 Å². The van der Waals surface area contributed by atoms with Crippen LogP contribution < -0.4 is 5.11 Å². The van der Waals surface area contributed by atoms with Crippen molar-refractivity contribution in [3.8, 4) is 0 Å². The molecule has 0 aromatic heterocycles. The van der Waals surface area contributed by atoms with E-state index in [0.29, 0.717) is 23.9 Å². The molecule has 0 rings (SSSR count). The molecule has 2 atom stereocenters. The van der Waals surface area contributed by atoms with E-state index in [4.69, 9.17) is 18.9 Å². The Morgan fingerprint density at radius 3 is 1.23 bits per heavy atom. The van der Waals surface area contributed by atoms with E-state index >= 15 is 0 Å². The average molecular weight is 973 g/mol. The molecular weight excluding hydrogens is 863 g/mol. The number of quaternary nitrogens is 1. The molecule has 0 amide bonds. The second kappa shape index (κ2) is 51.6. The van der Waals surface area contributed by atoms with Crippen molar-refractivity contribution in [1.82, 2.24) is 0 Å². The number of hydrogen-bond donors (Lipinski definition) is 0. The average Bonchev–Trinajstić information content (AvgIpc) is 3.31. The number of carbonyl (C=O) groups is 3. The summed E-state index contributed by atoms with van der Waals surface area (Å²) in [4.78, 5) is 37.3. The van der Waals surface area contributed by atoms with Crippen LogP contribution in [-0.4, -0.2) is 82.3 Å². The number of carboxylic acid groups (broad SMARTS) is 1. The number of carbonyl (C=O) groups excluding carboxylic acids is 3. The second-order valence-electron chi connectivity index (χ2n) is 20.6. The van der Waals surface area contributed by atoms with E-state index in [0.717, 1.165) is 70.6 Å². The third-order valence-electron chi connectivity index (χ3n) is 12.6. The summed E-state index contributed by atoms with van der Waals surface area (Å²) in [5.74, 6) is -2.28. The third kappa shape index (κ3) is 52.9. The maximum absolute atomic E-state index is 12.9. The summed E-state index contributed by atoms with van der Waals surface area (Å²) >= 11 is 0. The molecule has 9 heteroatoms. The van der Waals surface area contributed by atoms with Gasteiger partial charge in [-0.1, -0.05) is 242 Å². The quantitative estimate of drug-likeness (QED) is 0.0195. The van der Waals surface area contributed by atoms with Crippen molar-refractivity contribution < 1.29 is 42.9 Å². The van der Waals surface area contributed by atoms with E-state index in [2.05, 4.69) is 62.5 Å². The predicted octanol–water partition coefficient (Wildman–Crippen LogP) is 15.3. The molecule has 0 N–H and O–H groups in total. The smallest absolute Gasteiger partial charge is 0.306 e. The number of carboxylic acids is 1. The summed E-state index contributed by atoms with van der Waals surface area (Å²) in [7, 11) is 5.92. The van der Waals surface area contributed by atoms with Crippen LogP contribution in [-0.2, 0) is 33.3 Å². The number of aliphatic carboxylic acids is 1. The molecule has 0 spiro atoms. The topological polar surface area (TPSA) is 111 Å². The van der Waals surface area contributed by atoms with Crippen molar-refractivity contribution in [3.63, 3.8) is 0 Å². The highest BCUT2D eigenvalue weighted by Crippen LogP contribution is 2.17. The number of ether oxygens (including phenoxy) is 4. The van der Waals surface area contributed by atoms with Gasteiger partial charge in [0.1, 0.15) is 13.2 Å². The molecule has 0 aromatic rings. The number of likely N-dealkylation sites (N-methyl/N-ethyl adjacent to an activating group) is 1. The number of nitrogens with zero attached hydrogens (tertiary/aromatic N) is 1. The Kier molecular flexibility index (Phi) is 49.5. The normalized spacial score (nSPS) is 13.1. The Balaban J connectivity index is 4.24. The number of allylic oxidation sites excluding steroid dienone is 8. The first-order chi connectivity index (χ1) is 33.6. The predicted molar refractivity (Wildman–Crippen MR) is 288 cm³/mol. The van der Waals surface area contributed by atoms with E-state index in [1.807, 2.05) is 21.1 Å². The van der Waals surface area contributed by atoms with Crippen LogP contribution in [0.2, 0.25) is 0 Å². The minimum atomic E-state index is -1.62. The molecule has 0 aliphatic carbocycles. The number of hydrogen-bond acceptors (Lipinski definition) is 8. The SMILES string of the molecule is CC/C=C\C/C=C\C/C=C\C/C=C\CCCCCCCCCCCCC(=O)OC(COC(=O)CCCCCCCCCCCCCCCCCCCCCCC)COC(OCC[N+](C)(C)C)C(=O)[O-]. The van der Waals surface area contributed by atoms with E-state index in [9.17, 15) is 19.5 Å². The molecule has 402 valence electrons. The number of esters is 2. The van der Waals surface area contributed by atoms with Gasteiger partial charge in [-0.2, -0.15) is 0 Å². The molecule has 0 aromatic carbocycles.